The van der Waals surface area contributed by atoms with E-state index in [9.17, 15) is 19.7 Å². The average Bonchev–Trinajstić information content (AvgIpc) is 3.52. The fourth-order valence-electron chi connectivity index (χ4n) is 4.50. The summed E-state index contributed by atoms with van der Waals surface area (Å²) in [5, 5.41) is 33.2. The van der Waals surface area contributed by atoms with Crippen LogP contribution >= 0.6 is 0 Å². The zero-order valence-corrected chi connectivity index (χ0v) is 17.8. The quantitative estimate of drug-likeness (QED) is 0.410. The molecule has 0 bridgehead atoms. The minimum absolute atomic E-state index is 0.0163. The maximum atomic E-state index is 13.1. The first-order valence-electron chi connectivity index (χ1n) is 11.0. The van der Waals surface area contributed by atoms with Crippen LogP contribution in [-0.2, 0) is 16.1 Å². The molecule has 0 amide bonds. The number of anilines is 1. The zero-order valence-electron chi connectivity index (χ0n) is 17.8. The molecule has 1 aliphatic heterocycles. The standard InChI is InChI=1S/C22H26FN5O5/c23-13-6-4-12(5-7-13)9-32-15-3-1-2-14(15)27-20-17-21(25-10-24-20)28(11-26-17)22-19(31)18(30)16(8-29)33-22/h4-7,10-11,14-16,18-19,22,29-31H,1-3,8-9H2,(H,24,25,27)/t14-,15-,16+,18+,19+,22+/m0/s1. The van der Waals surface area contributed by atoms with Crippen LogP contribution in [0.3, 0.4) is 0 Å². The first-order chi connectivity index (χ1) is 16.0. The molecular weight excluding hydrogens is 433 g/mol. The highest BCUT2D eigenvalue weighted by atomic mass is 19.1. The molecule has 3 heterocycles. The van der Waals surface area contributed by atoms with Gasteiger partial charge in [-0.25, -0.2) is 19.3 Å². The number of halogens is 1. The number of nitrogens with zero attached hydrogens (tertiary/aromatic N) is 4. The number of fused-ring (bicyclic) bond motifs is 1. The second-order valence-electron chi connectivity index (χ2n) is 8.43. The number of imidazole rings is 1. The Kier molecular flexibility index (Phi) is 6.21. The molecule has 0 spiro atoms. The smallest absolute Gasteiger partial charge is 0.167 e. The maximum absolute atomic E-state index is 13.1. The highest BCUT2D eigenvalue weighted by molar-refractivity contribution is 5.82. The summed E-state index contributed by atoms with van der Waals surface area (Å²) in [5.41, 5.74) is 1.84. The van der Waals surface area contributed by atoms with Gasteiger partial charge in [-0.3, -0.25) is 4.57 Å². The molecule has 2 fully saturated rings. The average molecular weight is 459 g/mol. The van der Waals surface area contributed by atoms with Gasteiger partial charge < -0.3 is 30.1 Å². The SMILES string of the molecule is OC[C@H]1O[C@@H](n2cnc3c(N[C@H]4CCC[C@@H]4OCc4ccc(F)cc4)ncnc32)[C@H](O)[C@@H]1O. The van der Waals surface area contributed by atoms with E-state index in [0.29, 0.717) is 23.6 Å². The van der Waals surface area contributed by atoms with E-state index in [-0.39, 0.29) is 18.0 Å². The predicted molar refractivity (Wildman–Crippen MR) is 115 cm³/mol. The Morgan fingerprint density at radius 3 is 2.70 bits per heavy atom. The highest BCUT2D eigenvalue weighted by Gasteiger charge is 2.44. The van der Waals surface area contributed by atoms with Gasteiger partial charge in [0.2, 0.25) is 0 Å². The number of aliphatic hydroxyl groups excluding tert-OH is 3. The van der Waals surface area contributed by atoms with Gasteiger partial charge in [-0.05, 0) is 37.0 Å². The zero-order chi connectivity index (χ0) is 22.9. The molecule has 176 valence electrons. The van der Waals surface area contributed by atoms with Gasteiger partial charge in [-0.1, -0.05) is 12.1 Å². The molecule has 1 saturated heterocycles. The first-order valence-corrected chi connectivity index (χ1v) is 11.0. The van der Waals surface area contributed by atoms with E-state index < -0.39 is 31.1 Å². The van der Waals surface area contributed by atoms with Gasteiger partial charge >= 0.3 is 0 Å². The van der Waals surface area contributed by atoms with Crippen molar-refractivity contribution in [1.82, 2.24) is 19.5 Å². The van der Waals surface area contributed by atoms with Crippen molar-refractivity contribution >= 4 is 17.0 Å². The van der Waals surface area contributed by atoms with E-state index in [1.54, 1.807) is 12.1 Å². The summed E-state index contributed by atoms with van der Waals surface area (Å²) < 4.78 is 26.4. The van der Waals surface area contributed by atoms with Gasteiger partial charge in [0.25, 0.3) is 0 Å². The number of hydrogen-bond acceptors (Lipinski definition) is 9. The second kappa shape index (κ2) is 9.27. The van der Waals surface area contributed by atoms with Crippen LogP contribution in [0.5, 0.6) is 0 Å². The molecule has 11 heteroatoms. The molecule has 10 nitrogen and oxygen atoms in total. The van der Waals surface area contributed by atoms with Crippen molar-refractivity contribution in [3.05, 3.63) is 48.3 Å². The Morgan fingerprint density at radius 1 is 1.12 bits per heavy atom. The molecule has 0 unspecified atom stereocenters. The van der Waals surface area contributed by atoms with E-state index in [2.05, 4.69) is 20.3 Å². The third-order valence-corrected chi connectivity index (χ3v) is 6.30. The number of nitrogens with one attached hydrogen (secondary N) is 1. The van der Waals surface area contributed by atoms with Crippen LogP contribution in [0.1, 0.15) is 31.1 Å². The number of benzene rings is 1. The summed E-state index contributed by atoms with van der Waals surface area (Å²) in [6.07, 6.45) is 1.36. The molecule has 5 rings (SSSR count). The number of ether oxygens (including phenoxy) is 2. The van der Waals surface area contributed by atoms with Gasteiger partial charge in [-0.15, -0.1) is 0 Å². The number of aromatic nitrogens is 4. The molecule has 33 heavy (non-hydrogen) atoms. The van der Waals surface area contributed by atoms with E-state index in [4.69, 9.17) is 9.47 Å². The van der Waals surface area contributed by atoms with E-state index in [0.717, 1.165) is 24.8 Å². The van der Waals surface area contributed by atoms with E-state index in [1.165, 1.54) is 29.4 Å². The number of aliphatic hydroxyl groups is 3. The summed E-state index contributed by atoms with van der Waals surface area (Å²) in [5.74, 6) is 0.260. The van der Waals surface area contributed by atoms with Gasteiger partial charge in [0.1, 0.15) is 30.5 Å². The molecule has 2 aromatic heterocycles. The topological polar surface area (TPSA) is 135 Å². The van der Waals surface area contributed by atoms with Gasteiger partial charge in [0, 0.05) is 0 Å². The largest absolute Gasteiger partial charge is 0.394 e. The summed E-state index contributed by atoms with van der Waals surface area (Å²) in [7, 11) is 0. The van der Waals surface area contributed by atoms with Crippen molar-refractivity contribution in [3.8, 4) is 0 Å². The fraction of sp³-hybridized carbons (Fsp3) is 0.500. The van der Waals surface area contributed by atoms with Gasteiger partial charge in [0.05, 0.1) is 31.7 Å². The third kappa shape index (κ3) is 4.30. The first kappa shape index (κ1) is 22.1. The molecule has 3 aromatic rings. The highest BCUT2D eigenvalue weighted by Crippen LogP contribution is 2.33. The van der Waals surface area contributed by atoms with E-state index in [1.807, 2.05) is 0 Å². The minimum atomic E-state index is -1.23. The van der Waals surface area contributed by atoms with Crippen LogP contribution in [0.4, 0.5) is 10.2 Å². The minimum Gasteiger partial charge on any atom is -0.394 e. The van der Waals surface area contributed by atoms with Gasteiger partial charge in [0.15, 0.2) is 23.2 Å². The molecule has 1 aliphatic carbocycles. The fourth-order valence-corrected chi connectivity index (χ4v) is 4.50. The van der Waals surface area contributed by atoms with Crippen molar-refractivity contribution in [2.45, 2.75) is 62.6 Å². The molecule has 4 N–H and O–H groups in total. The Morgan fingerprint density at radius 2 is 1.94 bits per heavy atom. The normalized spacial score (nSPS) is 29.7. The van der Waals surface area contributed by atoms with Crippen LogP contribution < -0.4 is 5.32 Å². The lowest BCUT2D eigenvalue weighted by atomic mass is 10.1. The van der Waals surface area contributed by atoms with Crippen LogP contribution in [0.25, 0.3) is 11.2 Å². The lowest BCUT2D eigenvalue weighted by molar-refractivity contribution is -0.0511. The van der Waals surface area contributed by atoms with Crippen molar-refractivity contribution in [3.63, 3.8) is 0 Å². The Labute approximate surface area is 189 Å². The maximum Gasteiger partial charge on any atom is 0.167 e. The van der Waals surface area contributed by atoms with Crippen LogP contribution in [0.2, 0.25) is 0 Å². The second-order valence-corrected chi connectivity index (χ2v) is 8.43. The Balaban J connectivity index is 1.31. The van der Waals surface area contributed by atoms with Crippen LogP contribution in [0.15, 0.2) is 36.9 Å². The molecule has 1 saturated carbocycles. The molecule has 1 aromatic carbocycles. The van der Waals surface area contributed by atoms with Gasteiger partial charge in [-0.2, -0.15) is 0 Å². The van der Waals surface area contributed by atoms with Crippen molar-refractivity contribution < 1.29 is 29.2 Å². The number of hydrogen-bond donors (Lipinski definition) is 4. The molecule has 2 aliphatic rings. The lowest BCUT2D eigenvalue weighted by Gasteiger charge is -2.22. The molecule has 0 radical (unpaired) electrons. The molecule has 6 atom stereocenters. The predicted octanol–water partition coefficient (Wildman–Crippen LogP) is 1.13. The monoisotopic (exact) mass is 459 g/mol. The van der Waals surface area contributed by atoms with Crippen LogP contribution in [0, 0.1) is 5.82 Å². The summed E-state index contributed by atoms with van der Waals surface area (Å²) in [4.78, 5) is 13.0. The molecular formula is C22H26FN5O5. The Bertz CT molecular complexity index is 1100. The van der Waals surface area contributed by atoms with Crippen molar-refractivity contribution in [1.29, 1.82) is 0 Å². The van der Waals surface area contributed by atoms with Crippen LogP contribution in [-0.4, -0.2) is 71.9 Å². The number of rotatable bonds is 7. The summed E-state index contributed by atoms with van der Waals surface area (Å²) in [6, 6.07) is 6.28. The summed E-state index contributed by atoms with van der Waals surface area (Å²) >= 11 is 0. The summed E-state index contributed by atoms with van der Waals surface area (Å²) in [6.45, 7) is -0.0215. The lowest BCUT2D eigenvalue weighted by Crippen LogP contribution is -2.33. The van der Waals surface area contributed by atoms with Crippen molar-refractivity contribution in [2.24, 2.45) is 0 Å². The Hall–Kier alpha value is -2.70. The third-order valence-electron chi connectivity index (χ3n) is 6.30. The van der Waals surface area contributed by atoms with E-state index >= 15 is 0 Å². The van der Waals surface area contributed by atoms with Crippen molar-refractivity contribution in [2.75, 3.05) is 11.9 Å².